The van der Waals surface area contributed by atoms with E-state index in [-0.39, 0.29) is 23.3 Å². The lowest BCUT2D eigenvalue weighted by Gasteiger charge is -2.19. The van der Waals surface area contributed by atoms with E-state index in [1.54, 1.807) is 24.8 Å². The van der Waals surface area contributed by atoms with E-state index < -0.39 is 0 Å². The van der Waals surface area contributed by atoms with Gasteiger partial charge in [-0.2, -0.15) is 0 Å². The lowest BCUT2D eigenvalue weighted by Crippen LogP contribution is -2.22. The average Bonchev–Trinajstić information content (AvgIpc) is 3.60. The zero-order valence-electron chi connectivity index (χ0n) is 21.4. The Morgan fingerprint density at radius 2 is 2.02 bits per heavy atom. The normalized spacial score (nSPS) is 16.9. The molecule has 2 aromatic carbocycles. The van der Waals surface area contributed by atoms with Gasteiger partial charge in [-0.25, -0.2) is 19.3 Å². The molecule has 2 atom stereocenters. The van der Waals surface area contributed by atoms with Crippen LogP contribution in [0.5, 0.6) is 0 Å². The summed E-state index contributed by atoms with van der Waals surface area (Å²) in [7, 11) is 1.89. The van der Waals surface area contributed by atoms with Gasteiger partial charge in [-0.1, -0.05) is 12.1 Å². The van der Waals surface area contributed by atoms with E-state index in [2.05, 4.69) is 46.2 Å². The van der Waals surface area contributed by atoms with Gasteiger partial charge in [-0.05, 0) is 70.8 Å². The molecule has 0 bridgehead atoms. The van der Waals surface area contributed by atoms with Crippen LogP contribution in [0, 0.1) is 5.82 Å². The summed E-state index contributed by atoms with van der Waals surface area (Å²) < 4.78 is 28.4. The lowest BCUT2D eigenvalue weighted by atomic mass is 10.2. The highest BCUT2D eigenvalue weighted by Gasteiger charge is 2.29. The Morgan fingerprint density at radius 3 is 2.90 bits per heavy atom. The van der Waals surface area contributed by atoms with Gasteiger partial charge in [0, 0.05) is 26.0 Å². The van der Waals surface area contributed by atoms with Crippen molar-refractivity contribution in [2.45, 2.75) is 31.7 Å². The van der Waals surface area contributed by atoms with Crippen LogP contribution in [0.25, 0.3) is 22.2 Å². The predicted octanol–water partition coefficient (Wildman–Crippen LogP) is 5.40. The van der Waals surface area contributed by atoms with Crippen molar-refractivity contribution in [2.75, 3.05) is 23.9 Å². The van der Waals surface area contributed by atoms with E-state index in [1.807, 2.05) is 34.7 Å². The molecule has 10 nitrogen and oxygen atoms in total. The van der Waals surface area contributed by atoms with Gasteiger partial charge in [-0.3, -0.25) is 14.5 Å². The van der Waals surface area contributed by atoms with E-state index in [4.69, 9.17) is 21.7 Å². The SMILES string of the molecule is CN(Cc1cccc(F)c1)c1ncnc2c1ncn2C1CCC(COC(=S)Nc2ccc3nccnc3c2Br)O1. The monoisotopic (exact) mass is 622 g/mol. The highest BCUT2D eigenvalue weighted by molar-refractivity contribution is 9.10. The third-order valence-corrected chi connectivity index (χ3v) is 7.64. The zero-order valence-corrected chi connectivity index (χ0v) is 23.8. The molecule has 6 rings (SSSR count). The molecule has 1 N–H and O–H groups in total. The zero-order chi connectivity index (χ0) is 27.6. The van der Waals surface area contributed by atoms with Gasteiger partial charge in [0.1, 0.15) is 30.5 Å². The van der Waals surface area contributed by atoms with E-state index in [9.17, 15) is 4.39 Å². The quantitative estimate of drug-likeness (QED) is 0.237. The highest BCUT2D eigenvalue weighted by Crippen LogP contribution is 2.33. The maximum Gasteiger partial charge on any atom is 0.261 e. The smallest absolute Gasteiger partial charge is 0.261 e. The van der Waals surface area contributed by atoms with Crippen molar-refractivity contribution in [3.63, 3.8) is 0 Å². The van der Waals surface area contributed by atoms with Crippen LogP contribution in [-0.4, -0.2) is 54.4 Å². The molecule has 1 aliphatic rings. The van der Waals surface area contributed by atoms with Crippen molar-refractivity contribution in [3.05, 3.63) is 77.3 Å². The lowest BCUT2D eigenvalue weighted by molar-refractivity contribution is -0.0174. The van der Waals surface area contributed by atoms with Crippen molar-refractivity contribution in [3.8, 4) is 0 Å². The number of ether oxygens (including phenoxy) is 2. The van der Waals surface area contributed by atoms with Gasteiger partial charge < -0.3 is 19.7 Å². The maximum atomic E-state index is 13.6. The van der Waals surface area contributed by atoms with Crippen molar-refractivity contribution in [1.29, 1.82) is 0 Å². The largest absolute Gasteiger partial charge is 0.468 e. The molecule has 0 aliphatic carbocycles. The Kier molecular flexibility index (Phi) is 7.50. The summed E-state index contributed by atoms with van der Waals surface area (Å²) in [6.45, 7) is 0.782. The molecule has 4 heterocycles. The fraction of sp³-hybridized carbons (Fsp3) is 0.259. The molecule has 204 valence electrons. The number of fused-ring (bicyclic) bond motifs is 2. The predicted molar refractivity (Wildman–Crippen MR) is 156 cm³/mol. The first-order valence-electron chi connectivity index (χ1n) is 12.6. The number of aromatic nitrogens is 6. The topological polar surface area (TPSA) is 103 Å². The molecule has 13 heteroatoms. The molecular weight excluding hydrogens is 599 g/mol. The first-order valence-corrected chi connectivity index (χ1v) is 13.8. The van der Waals surface area contributed by atoms with E-state index in [0.717, 1.165) is 39.6 Å². The number of benzene rings is 2. The number of imidazole rings is 1. The molecule has 0 radical (unpaired) electrons. The first-order chi connectivity index (χ1) is 19.5. The molecule has 1 fully saturated rings. The van der Waals surface area contributed by atoms with Crippen molar-refractivity contribution in [1.82, 2.24) is 29.5 Å². The third-order valence-electron chi connectivity index (χ3n) is 6.62. The summed E-state index contributed by atoms with van der Waals surface area (Å²) in [5, 5.41) is 3.35. The Morgan fingerprint density at radius 1 is 1.15 bits per heavy atom. The molecule has 3 aromatic heterocycles. The van der Waals surface area contributed by atoms with Crippen LogP contribution in [0.15, 0.2) is 65.9 Å². The second-order valence-corrected chi connectivity index (χ2v) is 10.5. The molecule has 1 saturated heterocycles. The fourth-order valence-electron chi connectivity index (χ4n) is 4.74. The summed E-state index contributed by atoms with van der Waals surface area (Å²) in [6.07, 6.45) is 7.69. The van der Waals surface area contributed by atoms with Crippen molar-refractivity contribution < 1.29 is 13.9 Å². The molecular formula is C27H24BrFN8O2S. The van der Waals surface area contributed by atoms with Crippen LogP contribution >= 0.6 is 28.1 Å². The molecule has 0 amide bonds. The van der Waals surface area contributed by atoms with Crippen LogP contribution in [-0.2, 0) is 16.0 Å². The van der Waals surface area contributed by atoms with Gasteiger partial charge in [0.2, 0.25) is 0 Å². The van der Waals surface area contributed by atoms with Crippen LogP contribution < -0.4 is 10.2 Å². The number of hydrogen-bond donors (Lipinski definition) is 1. The van der Waals surface area contributed by atoms with E-state index in [0.29, 0.717) is 30.1 Å². The second kappa shape index (κ2) is 11.4. The Labute approximate surface area is 242 Å². The average molecular weight is 624 g/mol. The number of rotatable bonds is 7. The van der Waals surface area contributed by atoms with Gasteiger partial charge in [0.25, 0.3) is 5.17 Å². The Hall–Kier alpha value is -3.81. The van der Waals surface area contributed by atoms with Gasteiger partial charge in [0.15, 0.2) is 17.0 Å². The van der Waals surface area contributed by atoms with Crippen LogP contribution in [0.1, 0.15) is 24.6 Å². The molecule has 40 heavy (non-hydrogen) atoms. The minimum Gasteiger partial charge on any atom is -0.468 e. The van der Waals surface area contributed by atoms with Crippen molar-refractivity contribution >= 4 is 67.0 Å². The van der Waals surface area contributed by atoms with E-state index >= 15 is 0 Å². The van der Waals surface area contributed by atoms with Crippen LogP contribution in [0.4, 0.5) is 15.9 Å². The van der Waals surface area contributed by atoms with Gasteiger partial charge in [-0.15, -0.1) is 0 Å². The van der Waals surface area contributed by atoms with Gasteiger partial charge in [0.05, 0.1) is 28.1 Å². The maximum absolute atomic E-state index is 13.6. The summed E-state index contributed by atoms with van der Waals surface area (Å²) in [5.74, 6) is 0.390. The molecule has 0 saturated carbocycles. The highest BCUT2D eigenvalue weighted by atomic mass is 79.9. The second-order valence-electron chi connectivity index (χ2n) is 9.37. The number of anilines is 2. The summed E-state index contributed by atoms with van der Waals surface area (Å²) in [6, 6.07) is 10.2. The number of halogens is 2. The van der Waals surface area contributed by atoms with Crippen LogP contribution in [0.3, 0.4) is 0 Å². The number of thiocarbonyl (C=S) groups is 1. The standard InChI is InChI=1S/C27H24BrFN8O2S/c1-36(12-16-3-2-4-17(29)11-16)25-24-26(33-14-32-25)37(15-34-24)21-8-5-18(39-21)13-38-27(40)35-19-6-7-20-23(22(19)28)31-10-9-30-20/h2-4,6-7,9-11,14-15,18,21H,5,8,12-13H2,1H3,(H,35,40). The Balaban J connectivity index is 1.08. The summed E-state index contributed by atoms with van der Waals surface area (Å²) >= 11 is 8.98. The van der Waals surface area contributed by atoms with Crippen molar-refractivity contribution in [2.24, 2.45) is 0 Å². The Bertz CT molecular complexity index is 1700. The van der Waals surface area contributed by atoms with Crippen LogP contribution in [0.2, 0.25) is 0 Å². The summed E-state index contributed by atoms with van der Waals surface area (Å²) in [5.41, 5.74) is 4.41. The number of nitrogens with one attached hydrogen (secondary N) is 1. The molecule has 5 aromatic rings. The van der Waals surface area contributed by atoms with E-state index in [1.165, 1.54) is 18.5 Å². The minimum absolute atomic E-state index is 0.148. The number of hydrogen-bond acceptors (Lipinski definition) is 9. The first kappa shape index (κ1) is 26.4. The minimum atomic E-state index is -0.270. The molecule has 1 aliphatic heterocycles. The fourth-order valence-corrected chi connectivity index (χ4v) is 5.46. The third kappa shape index (κ3) is 5.44. The van der Waals surface area contributed by atoms with Gasteiger partial charge >= 0.3 is 0 Å². The summed E-state index contributed by atoms with van der Waals surface area (Å²) in [4.78, 5) is 24.1. The number of nitrogens with zero attached hydrogens (tertiary/aromatic N) is 7. The molecule has 2 unspecified atom stereocenters. The molecule has 0 spiro atoms.